The molecule has 6 heteroatoms. The van der Waals surface area contributed by atoms with Gasteiger partial charge in [0.1, 0.15) is 0 Å². The second-order valence-electron chi connectivity index (χ2n) is 5.28. The normalized spacial score (nSPS) is 28.0. The Morgan fingerprint density at radius 2 is 2.05 bits per heavy atom. The van der Waals surface area contributed by atoms with Crippen LogP contribution in [0.2, 0.25) is 5.02 Å². The zero-order valence-electron chi connectivity index (χ0n) is 10.9. The first-order valence-corrected chi connectivity index (χ1v) is 8.18. The third-order valence-electron chi connectivity index (χ3n) is 3.72. The number of hydrogen-bond acceptors (Lipinski definition) is 3. The van der Waals surface area contributed by atoms with Gasteiger partial charge < -0.3 is 10.2 Å². The standard InChI is InChI=1S/C14H17ClO4S/c15-11-2-1-3-12(8-11)20(19)9-14(18)6-4-10(5-7-14)13(16)17/h1-3,8,10,18H,4-7,9H2,(H,16,17). The highest BCUT2D eigenvalue weighted by atomic mass is 35.5. The monoisotopic (exact) mass is 316 g/mol. The molecule has 0 spiro atoms. The van der Waals surface area contributed by atoms with Crippen LogP contribution in [0.15, 0.2) is 29.2 Å². The van der Waals surface area contributed by atoms with Crippen molar-refractivity contribution >= 4 is 28.4 Å². The van der Waals surface area contributed by atoms with Crippen LogP contribution in [-0.2, 0) is 15.6 Å². The molecule has 4 nitrogen and oxygen atoms in total. The molecule has 1 saturated carbocycles. The largest absolute Gasteiger partial charge is 0.481 e. The van der Waals surface area contributed by atoms with Gasteiger partial charge in [-0.2, -0.15) is 0 Å². The van der Waals surface area contributed by atoms with Gasteiger partial charge in [0, 0.05) is 9.92 Å². The first kappa shape index (κ1) is 15.5. The maximum absolute atomic E-state index is 12.3. The van der Waals surface area contributed by atoms with E-state index in [4.69, 9.17) is 16.7 Å². The number of aliphatic hydroxyl groups is 1. The van der Waals surface area contributed by atoms with E-state index in [1.165, 1.54) is 0 Å². The molecular formula is C14H17ClO4S. The predicted molar refractivity (Wildman–Crippen MR) is 77.3 cm³/mol. The van der Waals surface area contributed by atoms with Crippen LogP contribution < -0.4 is 0 Å². The summed E-state index contributed by atoms with van der Waals surface area (Å²) < 4.78 is 12.3. The van der Waals surface area contributed by atoms with Gasteiger partial charge in [0.05, 0.1) is 28.1 Å². The Kier molecular flexibility index (Phi) is 4.83. The summed E-state index contributed by atoms with van der Waals surface area (Å²) in [6.45, 7) is 0. The smallest absolute Gasteiger partial charge is 0.306 e. The Labute approximate surface area is 125 Å². The van der Waals surface area contributed by atoms with E-state index in [0.29, 0.717) is 35.6 Å². The lowest BCUT2D eigenvalue weighted by molar-refractivity contribution is -0.144. The first-order chi connectivity index (χ1) is 9.39. The van der Waals surface area contributed by atoms with Gasteiger partial charge in [-0.05, 0) is 43.9 Å². The Morgan fingerprint density at radius 3 is 2.60 bits per heavy atom. The quantitative estimate of drug-likeness (QED) is 0.894. The van der Waals surface area contributed by atoms with E-state index in [2.05, 4.69) is 0 Å². The zero-order chi connectivity index (χ0) is 14.8. The molecule has 2 N–H and O–H groups in total. The van der Waals surface area contributed by atoms with Crippen molar-refractivity contribution in [3.63, 3.8) is 0 Å². The van der Waals surface area contributed by atoms with Gasteiger partial charge >= 0.3 is 5.97 Å². The van der Waals surface area contributed by atoms with Gasteiger partial charge in [0.15, 0.2) is 0 Å². The maximum Gasteiger partial charge on any atom is 0.306 e. The van der Waals surface area contributed by atoms with E-state index in [1.54, 1.807) is 24.3 Å². The minimum Gasteiger partial charge on any atom is -0.481 e. The molecule has 0 saturated heterocycles. The van der Waals surface area contributed by atoms with E-state index in [-0.39, 0.29) is 5.75 Å². The number of aliphatic carboxylic acids is 1. The Morgan fingerprint density at radius 1 is 1.40 bits per heavy atom. The summed E-state index contributed by atoms with van der Waals surface area (Å²) in [5.74, 6) is -1.09. The van der Waals surface area contributed by atoms with Crippen molar-refractivity contribution in [1.82, 2.24) is 0 Å². The highest BCUT2D eigenvalue weighted by molar-refractivity contribution is 7.85. The van der Waals surface area contributed by atoms with E-state index in [0.717, 1.165) is 0 Å². The number of carbonyl (C=O) groups is 1. The average Bonchev–Trinajstić information content (AvgIpc) is 2.38. The molecule has 0 bridgehead atoms. The fourth-order valence-corrected chi connectivity index (χ4v) is 4.17. The summed E-state index contributed by atoms with van der Waals surface area (Å²) >= 11 is 5.86. The van der Waals surface area contributed by atoms with Crippen molar-refractivity contribution in [3.05, 3.63) is 29.3 Å². The highest BCUT2D eigenvalue weighted by Gasteiger charge is 2.37. The lowest BCUT2D eigenvalue weighted by Gasteiger charge is -2.34. The van der Waals surface area contributed by atoms with Crippen molar-refractivity contribution in [2.45, 2.75) is 36.2 Å². The fraction of sp³-hybridized carbons (Fsp3) is 0.500. The predicted octanol–water partition coefficient (Wildman–Crippen LogP) is 2.45. The third kappa shape index (κ3) is 3.81. The van der Waals surface area contributed by atoms with Crippen LogP contribution in [0, 0.1) is 5.92 Å². The maximum atomic E-state index is 12.3. The summed E-state index contributed by atoms with van der Waals surface area (Å²) in [7, 11) is -1.33. The van der Waals surface area contributed by atoms with Crippen LogP contribution >= 0.6 is 11.6 Å². The van der Waals surface area contributed by atoms with E-state index >= 15 is 0 Å². The first-order valence-electron chi connectivity index (χ1n) is 6.49. The van der Waals surface area contributed by atoms with Gasteiger partial charge in [-0.3, -0.25) is 9.00 Å². The second-order valence-corrected chi connectivity index (χ2v) is 7.17. The van der Waals surface area contributed by atoms with Crippen LogP contribution in [-0.4, -0.2) is 31.7 Å². The van der Waals surface area contributed by atoms with Crippen LogP contribution in [0.25, 0.3) is 0 Å². The molecule has 1 atom stereocenters. The van der Waals surface area contributed by atoms with Gasteiger partial charge in [-0.1, -0.05) is 17.7 Å². The lowest BCUT2D eigenvalue weighted by Crippen LogP contribution is -2.40. The minimum atomic E-state index is -1.33. The van der Waals surface area contributed by atoms with Gasteiger partial charge in [-0.25, -0.2) is 0 Å². The van der Waals surface area contributed by atoms with Gasteiger partial charge in [0.2, 0.25) is 0 Å². The molecular weight excluding hydrogens is 300 g/mol. The number of carboxylic acid groups (broad SMARTS) is 1. The SMILES string of the molecule is O=C(O)C1CCC(O)(CS(=O)c2cccc(Cl)c2)CC1. The molecule has 0 aromatic heterocycles. The molecule has 0 heterocycles. The Balaban J connectivity index is 1.99. The Hall–Kier alpha value is -0.910. The zero-order valence-corrected chi connectivity index (χ0v) is 12.5. The summed E-state index contributed by atoms with van der Waals surface area (Å²) in [5, 5.41) is 19.9. The molecule has 1 aliphatic rings. The summed E-state index contributed by atoms with van der Waals surface area (Å²) in [6.07, 6.45) is 1.60. The topological polar surface area (TPSA) is 74.6 Å². The molecule has 20 heavy (non-hydrogen) atoms. The lowest BCUT2D eigenvalue weighted by atomic mass is 9.80. The summed E-state index contributed by atoms with van der Waals surface area (Å²) in [5.41, 5.74) is -1.04. The highest BCUT2D eigenvalue weighted by Crippen LogP contribution is 2.33. The van der Waals surface area contributed by atoms with Crippen molar-refractivity contribution in [2.75, 3.05) is 5.75 Å². The molecule has 0 aliphatic heterocycles. The second kappa shape index (κ2) is 6.24. The molecule has 1 fully saturated rings. The van der Waals surface area contributed by atoms with E-state index < -0.39 is 28.3 Å². The molecule has 0 radical (unpaired) electrons. The van der Waals surface area contributed by atoms with Crippen LogP contribution in [0.4, 0.5) is 0 Å². The van der Waals surface area contributed by atoms with Crippen molar-refractivity contribution in [1.29, 1.82) is 0 Å². The summed E-state index contributed by atoms with van der Waals surface area (Å²) in [4.78, 5) is 11.5. The third-order valence-corrected chi connectivity index (χ3v) is 5.54. The van der Waals surface area contributed by atoms with Crippen LogP contribution in [0.3, 0.4) is 0 Å². The average molecular weight is 317 g/mol. The Bertz CT molecular complexity index is 524. The van der Waals surface area contributed by atoms with Gasteiger partial charge in [0.25, 0.3) is 0 Å². The molecule has 1 aromatic rings. The number of hydrogen-bond donors (Lipinski definition) is 2. The van der Waals surface area contributed by atoms with Crippen molar-refractivity contribution < 1.29 is 19.2 Å². The molecule has 1 aromatic carbocycles. The van der Waals surface area contributed by atoms with Crippen LogP contribution in [0.1, 0.15) is 25.7 Å². The minimum absolute atomic E-state index is 0.125. The van der Waals surface area contributed by atoms with Crippen molar-refractivity contribution in [2.24, 2.45) is 5.92 Å². The molecule has 1 unspecified atom stereocenters. The van der Waals surface area contributed by atoms with E-state index in [9.17, 15) is 14.1 Å². The number of halogens is 1. The molecule has 0 amide bonds. The summed E-state index contributed by atoms with van der Waals surface area (Å²) in [6, 6.07) is 6.77. The fourth-order valence-electron chi connectivity index (χ4n) is 2.48. The molecule has 2 rings (SSSR count). The number of carboxylic acids is 1. The van der Waals surface area contributed by atoms with Crippen LogP contribution in [0.5, 0.6) is 0 Å². The number of benzene rings is 1. The molecule has 110 valence electrons. The van der Waals surface area contributed by atoms with Gasteiger partial charge in [-0.15, -0.1) is 0 Å². The number of rotatable bonds is 4. The van der Waals surface area contributed by atoms with Crippen molar-refractivity contribution in [3.8, 4) is 0 Å². The van der Waals surface area contributed by atoms with E-state index in [1.807, 2.05) is 0 Å². The molecule has 1 aliphatic carbocycles.